The Bertz CT molecular complexity index is 231. The van der Waals surface area contributed by atoms with E-state index in [1.165, 1.54) is 0 Å². The molecule has 2 fully saturated rings. The number of morpholine rings is 1. The molecule has 0 spiro atoms. The van der Waals surface area contributed by atoms with Gasteiger partial charge in [-0.15, -0.1) is 0 Å². The van der Waals surface area contributed by atoms with Crippen LogP contribution in [0.1, 0.15) is 12.8 Å². The molecule has 2 heterocycles. The molecule has 4 heteroatoms. The molecule has 0 aromatic heterocycles. The third-order valence-electron chi connectivity index (χ3n) is 3.32. The highest BCUT2D eigenvalue weighted by Crippen LogP contribution is 2.29. The minimum atomic E-state index is 0.418. The molecule has 4 nitrogen and oxygen atoms in total. The molecule has 2 aliphatic heterocycles. The van der Waals surface area contributed by atoms with Crippen LogP contribution in [0.25, 0.3) is 0 Å². The lowest BCUT2D eigenvalue weighted by Gasteiger charge is -2.40. The molecule has 1 saturated carbocycles. The molecule has 0 amide bonds. The zero-order valence-corrected chi connectivity index (χ0v) is 7.57. The Morgan fingerprint density at radius 2 is 2.31 bits per heavy atom. The molecule has 3 aliphatic rings. The van der Waals surface area contributed by atoms with Gasteiger partial charge in [-0.1, -0.05) is 0 Å². The number of fused-ring (bicyclic) bond motifs is 2. The summed E-state index contributed by atoms with van der Waals surface area (Å²) < 4.78 is 5.74. The zero-order chi connectivity index (χ0) is 8.67. The third kappa shape index (κ3) is 1.25. The first kappa shape index (κ1) is 7.76. The van der Waals surface area contributed by atoms with E-state index in [4.69, 9.17) is 4.74 Å². The molecule has 1 saturated heterocycles. The molecule has 4 unspecified atom stereocenters. The highest BCUT2D eigenvalue weighted by Gasteiger charge is 2.39. The van der Waals surface area contributed by atoms with Crippen molar-refractivity contribution in [1.29, 1.82) is 0 Å². The maximum Gasteiger partial charge on any atom is 0.0736 e. The lowest BCUT2D eigenvalue weighted by atomic mass is 9.81. The van der Waals surface area contributed by atoms with Crippen LogP contribution in [0.15, 0.2) is 5.10 Å². The summed E-state index contributed by atoms with van der Waals surface area (Å²) in [7, 11) is 0. The van der Waals surface area contributed by atoms with Crippen molar-refractivity contribution in [3.63, 3.8) is 0 Å². The molecule has 4 atom stereocenters. The number of hydrazone groups is 1. The molecule has 0 aromatic rings. The lowest BCUT2D eigenvalue weighted by Crippen LogP contribution is -2.56. The summed E-state index contributed by atoms with van der Waals surface area (Å²) >= 11 is 0. The monoisotopic (exact) mass is 181 g/mol. The van der Waals surface area contributed by atoms with E-state index in [1.54, 1.807) is 0 Å². The topological polar surface area (TPSA) is 45.7 Å². The molecule has 3 rings (SSSR count). The van der Waals surface area contributed by atoms with Crippen LogP contribution in [0.3, 0.4) is 0 Å². The first-order valence-electron chi connectivity index (χ1n) is 5.07. The summed E-state index contributed by atoms with van der Waals surface area (Å²) in [5.41, 5.74) is 3.17. The number of nitrogens with one attached hydrogen (secondary N) is 2. The van der Waals surface area contributed by atoms with Crippen LogP contribution in [-0.2, 0) is 4.74 Å². The average Bonchev–Trinajstić information content (AvgIpc) is 2.61. The molecule has 13 heavy (non-hydrogen) atoms. The summed E-state index contributed by atoms with van der Waals surface area (Å²) in [6, 6.07) is 1.10. The first-order valence-corrected chi connectivity index (χ1v) is 5.07. The van der Waals surface area contributed by atoms with Crippen LogP contribution < -0.4 is 10.7 Å². The van der Waals surface area contributed by atoms with Crippen LogP contribution in [0.4, 0.5) is 0 Å². The van der Waals surface area contributed by atoms with E-state index in [1.807, 2.05) is 6.21 Å². The Hall–Kier alpha value is -0.610. The molecule has 0 aromatic carbocycles. The van der Waals surface area contributed by atoms with E-state index >= 15 is 0 Å². The normalized spacial score (nSPS) is 48.0. The molecule has 0 radical (unpaired) electrons. The van der Waals surface area contributed by atoms with E-state index in [0.717, 1.165) is 26.0 Å². The Morgan fingerprint density at radius 3 is 3.31 bits per heavy atom. The number of nitrogens with zero attached hydrogens (tertiary/aromatic N) is 1. The standard InChI is InChI=1S/C9H15N3O/c1-2-13-9-3-6-5-11-12-7(6)4-8(9)10-1/h5-10,12H,1-4H2. The summed E-state index contributed by atoms with van der Waals surface area (Å²) in [6.45, 7) is 1.86. The Morgan fingerprint density at radius 1 is 1.31 bits per heavy atom. The van der Waals surface area contributed by atoms with Crippen molar-refractivity contribution in [2.45, 2.75) is 31.0 Å². The maximum atomic E-state index is 5.74. The van der Waals surface area contributed by atoms with E-state index in [2.05, 4.69) is 15.8 Å². The fourth-order valence-corrected chi connectivity index (χ4v) is 2.60. The molecular weight excluding hydrogens is 166 g/mol. The van der Waals surface area contributed by atoms with Crippen molar-refractivity contribution in [3.8, 4) is 0 Å². The van der Waals surface area contributed by atoms with Crippen LogP contribution >= 0.6 is 0 Å². The van der Waals surface area contributed by atoms with Gasteiger partial charge in [0.15, 0.2) is 0 Å². The van der Waals surface area contributed by atoms with Crippen LogP contribution in [0, 0.1) is 5.92 Å². The molecule has 72 valence electrons. The van der Waals surface area contributed by atoms with Gasteiger partial charge in [-0.25, -0.2) is 0 Å². The fraction of sp³-hybridized carbons (Fsp3) is 0.889. The van der Waals surface area contributed by atoms with Crippen molar-refractivity contribution in [3.05, 3.63) is 0 Å². The molecule has 1 aliphatic carbocycles. The highest BCUT2D eigenvalue weighted by atomic mass is 16.5. The van der Waals surface area contributed by atoms with Crippen LogP contribution in [-0.4, -0.2) is 37.6 Å². The largest absolute Gasteiger partial charge is 0.375 e. The summed E-state index contributed by atoms with van der Waals surface area (Å²) in [4.78, 5) is 0. The number of hydrogen-bond acceptors (Lipinski definition) is 4. The van der Waals surface area contributed by atoms with E-state index < -0.39 is 0 Å². The summed E-state index contributed by atoms with van der Waals surface area (Å²) in [6.07, 6.45) is 4.73. The second-order valence-corrected chi connectivity index (χ2v) is 4.12. The summed E-state index contributed by atoms with van der Waals surface area (Å²) in [5, 5.41) is 7.64. The minimum Gasteiger partial charge on any atom is -0.375 e. The maximum absolute atomic E-state index is 5.74. The Kier molecular flexibility index (Phi) is 1.77. The smallest absolute Gasteiger partial charge is 0.0736 e. The Balaban J connectivity index is 1.73. The van der Waals surface area contributed by atoms with Gasteiger partial charge in [-0.3, -0.25) is 0 Å². The van der Waals surface area contributed by atoms with Crippen LogP contribution in [0.5, 0.6) is 0 Å². The minimum absolute atomic E-state index is 0.418. The van der Waals surface area contributed by atoms with Gasteiger partial charge >= 0.3 is 0 Å². The second-order valence-electron chi connectivity index (χ2n) is 4.12. The zero-order valence-electron chi connectivity index (χ0n) is 7.57. The third-order valence-corrected chi connectivity index (χ3v) is 3.32. The Labute approximate surface area is 77.7 Å². The van der Waals surface area contributed by atoms with Gasteiger partial charge in [0.2, 0.25) is 0 Å². The number of hydrogen-bond donors (Lipinski definition) is 2. The molecule has 2 N–H and O–H groups in total. The summed E-state index contributed by atoms with van der Waals surface area (Å²) in [5.74, 6) is 0.598. The molecule has 0 bridgehead atoms. The fourth-order valence-electron chi connectivity index (χ4n) is 2.60. The van der Waals surface area contributed by atoms with Crippen molar-refractivity contribution >= 4 is 6.21 Å². The quantitative estimate of drug-likeness (QED) is 0.540. The van der Waals surface area contributed by atoms with Gasteiger partial charge < -0.3 is 15.5 Å². The van der Waals surface area contributed by atoms with Gasteiger partial charge in [0, 0.05) is 24.7 Å². The lowest BCUT2D eigenvalue weighted by molar-refractivity contribution is -0.0346. The van der Waals surface area contributed by atoms with Gasteiger partial charge in [0.1, 0.15) is 0 Å². The second kappa shape index (κ2) is 2.96. The van der Waals surface area contributed by atoms with Gasteiger partial charge in [0.25, 0.3) is 0 Å². The molecular formula is C9H15N3O. The van der Waals surface area contributed by atoms with Gasteiger partial charge in [0.05, 0.1) is 18.8 Å². The number of rotatable bonds is 0. The van der Waals surface area contributed by atoms with Crippen molar-refractivity contribution in [2.24, 2.45) is 11.0 Å². The van der Waals surface area contributed by atoms with Gasteiger partial charge in [-0.2, -0.15) is 5.10 Å². The average molecular weight is 181 g/mol. The van der Waals surface area contributed by atoms with Crippen molar-refractivity contribution in [1.82, 2.24) is 10.7 Å². The predicted octanol–water partition coefficient (Wildman–Crippen LogP) is -0.289. The highest BCUT2D eigenvalue weighted by molar-refractivity contribution is 5.64. The predicted molar refractivity (Wildman–Crippen MR) is 49.7 cm³/mol. The van der Waals surface area contributed by atoms with Gasteiger partial charge in [-0.05, 0) is 12.8 Å². The first-order chi connectivity index (χ1) is 6.43. The SMILES string of the molecule is C1=NNC2CC3NCCOC3CC12. The van der Waals surface area contributed by atoms with Crippen molar-refractivity contribution in [2.75, 3.05) is 13.2 Å². The van der Waals surface area contributed by atoms with E-state index in [0.29, 0.717) is 24.1 Å². The van der Waals surface area contributed by atoms with E-state index in [9.17, 15) is 0 Å². The van der Waals surface area contributed by atoms with E-state index in [-0.39, 0.29) is 0 Å². The van der Waals surface area contributed by atoms with Crippen LogP contribution in [0.2, 0.25) is 0 Å². The number of ether oxygens (including phenoxy) is 1. The van der Waals surface area contributed by atoms with Crippen molar-refractivity contribution < 1.29 is 4.74 Å².